The van der Waals surface area contributed by atoms with Crippen LogP contribution < -0.4 is 4.90 Å². The largest absolute Gasteiger partial charge is 0.455 e. The van der Waals surface area contributed by atoms with Gasteiger partial charge in [0.05, 0.1) is 15.1 Å². The van der Waals surface area contributed by atoms with Gasteiger partial charge in [-0.05, 0) is 150 Å². The second-order valence-electron chi connectivity index (χ2n) is 17.1. The Morgan fingerprint density at radius 1 is 0.508 bits per heavy atom. The lowest BCUT2D eigenvalue weighted by Crippen LogP contribution is -2.43. The normalized spacial score (nSPS) is 23.1. The number of hydrogen-bond donors (Lipinski definition) is 0. The van der Waals surface area contributed by atoms with Crippen LogP contribution in [0.4, 0.5) is 17.1 Å². The SMILES string of the molecule is [2H]c1c([2H])c(-c2ccccc2)c([2H])c(N(c2c([2H])c([2H])c(-c3cccc4oc(-c5ccc(C6C7CC8CC(C7)CC6C8)cc5)nc34)c([2H])c2[2H])c2c([2H])c([2H])c3c(oc4c5ccccc5ccc43)c2[2H])c1[2H]. The monoisotopic (exact) mass is 799 g/mol. The Kier molecular flexibility index (Phi) is 5.81. The number of benzene rings is 8. The van der Waals surface area contributed by atoms with E-state index in [-0.39, 0.29) is 33.7 Å². The Balaban J connectivity index is 0.998. The molecule has 0 aliphatic heterocycles. The molecule has 4 aliphatic rings. The lowest BCUT2D eigenvalue weighted by molar-refractivity contribution is -0.00277. The first-order chi connectivity index (χ1) is 34.8. The Labute approximate surface area is 370 Å². The van der Waals surface area contributed by atoms with Crippen molar-refractivity contribution in [1.82, 2.24) is 4.98 Å². The number of oxazole rings is 1. The highest BCUT2D eigenvalue weighted by Gasteiger charge is 2.48. The highest BCUT2D eigenvalue weighted by Crippen LogP contribution is 2.60. The number of para-hydroxylation sites is 1. The maximum atomic E-state index is 9.81. The van der Waals surface area contributed by atoms with Crippen molar-refractivity contribution in [1.29, 1.82) is 0 Å². The molecule has 4 nitrogen and oxygen atoms in total. The van der Waals surface area contributed by atoms with Gasteiger partial charge in [-0.15, -0.1) is 0 Å². The van der Waals surface area contributed by atoms with Gasteiger partial charge < -0.3 is 13.7 Å². The molecule has 294 valence electrons. The first-order valence-electron chi connectivity index (χ1n) is 26.7. The Hall–Kier alpha value is -6.91. The van der Waals surface area contributed by atoms with Gasteiger partial charge in [-0.25, -0.2) is 4.98 Å². The van der Waals surface area contributed by atoms with Crippen LogP contribution in [-0.2, 0) is 0 Å². The van der Waals surface area contributed by atoms with Gasteiger partial charge in [-0.3, -0.25) is 0 Å². The second-order valence-corrected chi connectivity index (χ2v) is 17.1. The summed E-state index contributed by atoms with van der Waals surface area (Å²) in [6.45, 7) is 0. The van der Waals surface area contributed by atoms with Gasteiger partial charge in [0.25, 0.3) is 0 Å². The lowest BCUT2D eigenvalue weighted by Gasteiger charge is -2.54. The molecular formula is C57H44N2O2. The van der Waals surface area contributed by atoms with Gasteiger partial charge in [0.2, 0.25) is 5.89 Å². The molecular weight excluding hydrogens is 745 g/mol. The summed E-state index contributed by atoms with van der Waals surface area (Å²) in [5.41, 5.74) is 1.97. The zero-order valence-electron chi connectivity index (χ0n) is 44.0. The minimum absolute atomic E-state index is 0.0695. The molecule has 61 heavy (non-hydrogen) atoms. The molecule has 14 rings (SSSR count). The Morgan fingerprint density at radius 2 is 1.26 bits per heavy atom. The molecule has 4 aliphatic carbocycles. The van der Waals surface area contributed by atoms with Crippen LogP contribution in [0.5, 0.6) is 0 Å². The number of fused-ring (bicyclic) bond motifs is 6. The molecule has 0 saturated heterocycles. The van der Waals surface area contributed by atoms with E-state index in [2.05, 4.69) is 12.1 Å². The predicted molar refractivity (Wildman–Crippen MR) is 250 cm³/mol. The summed E-state index contributed by atoms with van der Waals surface area (Å²) in [6, 6.07) is 26.9. The van der Waals surface area contributed by atoms with E-state index >= 15 is 0 Å². The van der Waals surface area contributed by atoms with Crippen molar-refractivity contribution < 1.29 is 23.9 Å². The van der Waals surface area contributed by atoms with Crippen molar-refractivity contribution in [2.45, 2.75) is 38.0 Å². The minimum Gasteiger partial charge on any atom is -0.455 e. The van der Waals surface area contributed by atoms with Crippen LogP contribution in [0.2, 0.25) is 0 Å². The number of hydrogen-bond acceptors (Lipinski definition) is 4. The van der Waals surface area contributed by atoms with Gasteiger partial charge in [0, 0.05) is 50.4 Å². The highest BCUT2D eigenvalue weighted by atomic mass is 16.3. The van der Waals surface area contributed by atoms with Gasteiger partial charge >= 0.3 is 0 Å². The summed E-state index contributed by atoms with van der Waals surface area (Å²) in [5, 5.41) is 2.17. The minimum atomic E-state index is -0.697. The summed E-state index contributed by atoms with van der Waals surface area (Å²) in [4.78, 5) is 5.86. The smallest absolute Gasteiger partial charge is 0.227 e. The van der Waals surface area contributed by atoms with Gasteiger partial charge in [0.15, 0.2) is 5.58 Å². The average molecular weight is 800 g/mol. The molecule has 2 heterocycles. The van der Waals surface area contributed by atoms with Gasteiger partial charge in [-0.1, -0.05) is 109 Å². The fourth-order valence-electron chi connectivity index (χ4n) is 11.1. The van der Waals surface area contributed by atoms with Crippen molar-refractivity contribution in [3.8, 4) is 33.7 Å². The van der Waals surface area contributed by atoms with E-state index in [1.165, 1.54) is 37.7 Å². The summed E-state index contributed by atoms with van der Waals surface area (Å²) in [5.74, 6) is 4.11. The van der Waals surface area contributed by atoms with E-state index in [1.807, 2.05) is 42.5 Å². The van der Waals surface area contributed by atoms with E-state index in [0.29, 0.717) is 44.8 Å². The van der Waals surface area contributed by atoms with E-state index in [1.54, 1.807) is 54.6 Å². The van der Waals surface area contributed by atoms with E-state index in [9.17, 15) is 12.3 Å². The van der Waals surface area contributed by atoms with E-state index < -0.39 is 77.5 Å². The van der Waals surface area contributed by atoms with Crippen LogP contribution in [0.3, 0.4) is 0 Å². The zero-order valence-corrected chi connectivity index (χ0v) is 33.0. The molecule has 0 radical (unpaired) electrons. The third-order valence-corrected chi connectivity index (χ3v) is 13.5. The predicted octanol–water partition coefficient (Wildman–Crippen LogP) is 15.9. The summed E-state index contributed by atoms with van der Waals surface area (Å²) in [6.07, 6.45) is 6.67. The number of furan rings is 1. The first-order valence-corrected chi connectivity index (χ1v) is 21.2. The van der Waals surface area contributed by atoms with Crippen LogP contribution in [0.25, 0.3) is 77.5 Å². The summed E-state index contributed by atoms with van der Waals surface area (Å²) >= 11 is 0. The maximum Gasteiger partial charge on any atom is 0.227 e. The molecule has 0 N–H and O–H groups in total. The van der Waals surface area contributed by atoms with Crippen LogP contribution in [-0.4, -0.2) is 4.98 Å². The number of anilines is 3. The standard InChI is InChI=1S/C57H44N2O2/c1-2-8-37(9-3-1)42-11-6-12-46(33-42)59(47-25-27-50-51-26-22-38-10-4-5-13-49(38)56(51)60-53(50)34-47)45-23-20-39(21-24-45)48-14-7-15-52-55(48)58-57(61-52)41-18-16-40(17-19-41)54-43-29-35-28-36(31-43)32-44(54)30-35/h1-27,33-36,43-44,54H,28-32H2/i6D,11D,12D,20D,21D,23D,24D,25D,27D,33D,34D. The van der Waals surface area contributed by atoms with Crippen molar-refractivity contribution in [3.05, 3.63) is 181 Å². The van der Waals surface area contributed by atoms with Crippen LogP contribution in [0.15, 0.2) is 184 Å². The molecule has 4 heteroatoms. The quantitative estimate of drug-likeness (QED) is 0.161. The van der Waals surface area contributed by atoms with Crippen LogP contribution in [0.1, 0.15) is 58.7 Å². The molecule has 8 aromatic carbocycles. The maximum absolute atomic E-state index is 9.81. The molecule has 10 aromatic rings. The first kappa shape index (κ1) is 25.7. The number of rotatable bonds is 7. The van der Waals surface area contributed by atoms with Crippen LogP contribution in [0, 0.1) is 23.7 Å². The summed E-state index contributed by atoms with van der Waals surface area (Å²) in [7, 11) is 0. The van der Waals surface area contributed by atoms with Crippen LogP contribution >= 0.6 is 0 Å². The third kappa shape index (κ3) is 5.84. The lowest BCUT2D eigenvalue weighted by atomic mass is 9.51. The number of aromatic nitrogens is 1. The zero-order chi connectivity index (χ0) is 49.6. The fourth-order valence-corrected chi connectivity index (χ4v) is 11.1. The van der Waals surface area contributed by atoms with E-state index in [4.69, 9.17) is 16.6 Å². The van der Waals surface area contributed by atoms with Crippen molar-refractivity contribution in [2.75, 3.05) is 4.90 Å². The Bertz CT molecular complexity index is 3870. The van der Waals surface area contributed by atoms with Gasteiger partial charge in [0.1, 0.15) is 16.7 Å². The van der Waals surface area contributed by atoms with Crippen molar-refractivity contribution in [2.24, 2.45) is 23.7 Å². The van der Waals surface area contributed by atoms with E-state index in [0.717, 1.165) is 39.5 Å². The highest BCUT2D eigenvalue weighted by molar-refractivity contribution is 6.15. The average Bonchev–Trinajstić information content (AvgIpc) is 4.01. The second kappa shape index (κ2) is 13.8. The number of nitrogens with zero attached hydrogens (tertiary/aromatic N) is 2. The molecule has 0 unspecified atom stereocenters. The topological polar surface area (TPSA) is 42.4 Å². The third-order valence-electron chi connectivity index (χ3n) is 13.5. The molecule has 2 aromatic heterocycles. The molecule has 4 fully saturated rings. The fraction of sp³-hybridized carbons (Fsp3) is 0.175. The molecule has 4 saturated carbocycles. The Morgan fingerprint density at radius 3 is 2.08 bits per heavy atom. The van der Waals surface area contributed by atoms with Crippen molar-refractivity contribution in [3.63, 3.8) is 0 Å². The van der Waals surface area contributed by atoms with Gasteiger partial charge in [-0.2, -0.15) is 0 Å². The van der Waals surface area contributed by atoms with Crippen molar-refractivity contribution >= 4 is 60.9 Å². The molecule has 4 bridgehead atoms. The molecule has 0 spiro atoms. The summed E-state index contributed by atoms with van der Waals surface area (Å²) < 4.78 is 118. The molecule has 0 atom stereocenters. The molecule has 0 amide bonds.